The lowest BCUT2D eigenvalue weighted by atomic mass is 10.2. The lowest BCUT2D eigenvalue weighted by Crippen LogP contribution is -2.47. The van der Waals surface area contributed by atoms with E-state index in [1.54, 1.807) is 34.9 Å². The quantitative estimate of drug-likeness (QED) is 0.475. The molecule has 2 amide bonds. The number of nitrogens with one attached hydrogen (secondary N) is 1. The summed E-state index contributed by atoms with van der Waals surface area (Å²) in [4.78, 5) is 36.4. The molecule has 1 aromatic carbocycles. The van der Waals surface area contributed by atoms with Crippen LogP contribution in [0.3, 0.4) is 0 Å². The number of amides is 2. The van der Waals surface area contributed by atoms with E-state index in [4.69, 9.17) is 0 Å². The van der Waals surface area contributed by atoms with Gasteiger partial charge >= 0.3 is 0 Å². The molecule has 2 aliphatic rings. The third-order valence-electron chi connectivity index (χ3n) is 4.25. The first-order valence-electron chi connectivity index (χ1n) is 8.13. The molecule has 25 heavy (non-hydrogen) atoms. The smallest absolute Gasteiger partial charge is 0.269 e. The number of rotatable bonds is 6. The van der Waals surface area contributed by atoms with Crippen LogP contribution in [-0.4, -0.2) is 45.9 Å². The van der Waals surface area contributed by atoms with Crippen LogP contribution in [0.25, 0.3) is 6.08 Å². The minimum atomic E-state index is -0.467. The van der Waals surface area contributed by atoms with Gasteiger partial charge in [-0.05, 0) is 42.5 Å². The molecule has 1 aliphatic heterocycles. The molecule has 1 saturated carbocycles. The topological polar surface area (TPSA) is 92.6 Å². The molecule has 7 nitrogen and oxygen atoms in total. The van der Waals surface area contributed by atoms with E-state index < -0.39 is 11.0 Å². The summed E-state index contributed by atoms with van der Waals surface area (Å²) in [5.74, 6) is 1.38. The van der Waals surface area contributed by atoms with E-state index in [2.05, 4.69) is 5.32 Å². The predicted molar refractivity (Wildman–Crippen MR) is 95.8 cm³/mol. The summed E-state index contributed by atoms with van der Waals surface area (Å²) in [6, 6.07) is 5.52. The molecule has 0 radical (unpaired) electrons. The lowest BCUT2D eigenvalue weighted by Gasteiger charge is -2.21. The van der Waals surface area contributed by atoms with Crippen molar-refractivity contribution in [3.63, 3.8) is 0 Å². The maximum absolute atomic E-state index is 12.4. The average molecular weight is 361 g/mol. The van der Waals surface area contributed by atoms with E-state index in [9.17, 15) is 19.7 Å². The van der Waals surface area contributed by atoms with Crippen LogP contribution in [0.1, 0.15) is 18.4 Å². The average Bonchev–Trinajstić information content (AvgIpc) is 3.31. The molecular weight excluding hydrogens is 342 g/mol. The Morgan fingerprint density at radius 2 is 2.04 bits per heavy atom. The summed E-state index contributed by atoms with van der Waals surface area (Å²) >= 11 is 1.56. The number of carbonyl (C=O) groups excluding carboxylic acids is 2. The van der Waals surface area contributed by atoms with E-state index in [0.29, 0.717) is 29.7 Å². The summed E-state index contributed by atoms with van der Waals surface area (Å²) in [5, 5.41) is 13.6. The van der Waals surface area contributed by atoms with Crippen LogP contribution in [0.4, 0.5) is 5.69 Å². The summed E-state index contributed by atoms with van der Waals surface area (Å²) < 4.78 is 0. The number of hydrogen-bond acceptors (Lipinski definition) is 5. The number of nitro groups is 1. The van der Waals surface area contributed by atoms with Gasteiger partial charge in [0, 0.05) is 30.5 Å². The third-order valence-corrected chi connectivity index (χ3v) is 5.26. The summed E-state index contributed by atoms with van der Waals surface area (Å²) in [5.41, 5.74) is 0.701. The molecular formula is C17H19N3O4S. The predicted octanol–water partition coefficient (Wildman–Crippen LogP) is 2.04. The second-order valence-corrected chi connectivity index (χ2v) is 7.19. The highest BCUT2D eigenvalue weighted by atomic mass is 32.2. The Bertz CT molecular complexity index is 700. The highest BCUT2D eigenvalue weighted by Gasteiger charge is 2.34. The van der Waals surface area contributed by atoms with Gasteiger partial charge in [-0.1, -0.05) is 0 Å². The third kappa shape index (κ3) is 4.60. The Hall–Kier alpha value is -2.35. The number of carbonyl (C=O) groups is 2. The van der Waals surface area contributed by atoms with Crippen LogP contribution in [0.5, 0.6) is 0 Å². The molecule has 1 N–H and O–H groups in total. The molecule has 8 heteroatoms. The van der Waals surface area contributed by atoms with Gasteiger partial charge in [0.2, 0.25) is 11.8 Å². The highest BCUT2D eigenvalue weighted by molar-refractivity contribution is 7.99. The normalized spacial score (nSPS) is 20.0. The molecule has 2 fully saturated rings. The number of nitro benzene ring substituents is 1. The van der Waals surface area contributed by atoms with Crippen molar-refractivity contribution < 1.29 is 14.5 Å². The lowest BCUT2D eigenvalue weighted by molar-refractivity contribution is -0.384. The molecule has 0 spiro atoms. The van der Waals surface area contributed by atoms with Crippen LogP contribution in [-0.2, 0) is 9.59 Å². The number of benzene rings is 1. The largest absolute Gasteiger partial charge is 0.354 e. The van der Waals surface area contributed by atoms with Gasteiger partial charge in [-0.25, -0.2) is 0 Å². The zero-order valence-electron chi connectivity index (χ0n) is 13.6. The first kappa shape index (κ1) is 17.5. The van der Waals surface area contributed by atoms with Gasteiger partial charge in [0.1, 0.15) is 6.04 Å². The van der Waals surface area contributed by atoms with Crippen molar-refractivity contribution in [1.82, 2.24) is 10.2 Å². The maximum atomic E-state index is 12.4. The summed E-state index contributed by atoms with van der Waals surface area (Å²) in [7, 11) is 0. The zero-order valence-corrected chi connectivity index (χ0v) is 14.4. The van der Waals surface area contributed by atoms with Gasteiger partial charge < -0.3 is 10.2 Å². The van der Waals surface area contributed by atoms with E-state index in [0.717, 1.165) is 0 Å². The van der Waals surface area contributed by atoms with Crippen molar-refractivity contribution in [3.8, 4) is 0 Å². The second-order valence-electron chi connectivity index (χ2n) is 6.19. The van der Waals surface area contributed by atoms with Gasteiger partial charge in [-0.15, -0.1) is 11.8 Å². The fraction of sp³-hybridized carbons (Fsp3) is 0.412. The molecule has 0 aromatic heterocycles. The number of nitrogens with zero attached hydrogens (tertiary/aromatic N) is 2. The van der Waals surface area contributed by atoms with Crippen molar-refractivity contribution in [3.05, 3.63) is 46.0 Å². The Kier molecular flexibility index (Phi) is 5.37. The van der Waals surface area contributed by atoms with Crippen LogP contribution >= 0.6 is 11.8 Å². The van der Waals surface area contributed by atoms with Crippen molar-refractivity contribution in [2.24, 2.45) is 5.92 Å². The maximum Gasteiger partial charge on any atom is 0.269 e. The molecule has 3 rings (SSSR count). The van der Waals surface area contributed by atoms with Crippen molar-refractivity contribution >= 4 is 35.3 Å². The molecule has 1 heterocycles. The molecule has 1 atom stereocenters. The van der Waals surface area contributed by atoms with Gasteiger partial charge in [0.15, 0.2) is 0 Å². The SMILES string of the molecule is O=C(NCC1CC1)C1CSCN1C(=O)/C=C/c1ccc([N+](=O)[O-])cc1. The molecule has 0 bridgehead atoms. The Labute approximate surface area is 149 Å². The van der Waals surface area contributed by atoms with E-state index >= 15 is 0 Å². The number of hydrogen-bond donors (Lipinski definition) is 1. The van der Waals surface area contributed by atoms with Gasteiger partial charge in [-0.3, -0.25) is 19.7 Å². The van der Waals surface area contributed by atoms with Crippen molar-refractivity contribution in [2.75, 3.05) is 18.2 Å². The summed E-state index contributed by atoms with van der Waals surface area (Å²) in [6.07, 6.45) is 5.35. The van der Waals surface area contributed by atoms with Crippen LogP contribution < -0.4 is 5.32 Å². The van der Waals surface area contributed by atoms with Crippen LogP contribution in [0, 0.1) is 16.0 Å². The van der Waals surface area contributed by atoms with Crippen molar-refractivity contribution in [2.45, 2.75) is 18.9 Å². The standard InChI is InChI=1S/C17H19N3O4S/c21-16(8-5-12-3-6-14(7-4-12)20(23)24)19-11-25-10-15(19)17(22)18-9-13-1-2-13/h3-8,13,15H,1-2,9-11H2,(H,18,22)/b8-5+. The van der Waals surface area contributed by atoms with Gasteiger partial charge in [0.25, 0.3) is 5.69 Å². The molecule has 1 saturated heterocycles. The molecule has 132 valence electrons. The molecule has 1 aliphatic carbocycles. The fourth-order valence-electron chi connectivity index (χ4n) is 2.53. The summed E-state index contributed by atoms with van der Waals surface area (Å²) in [6.45, 7) is 0.695. The fourth-order valence-corrected chi connectivity index (χ4v) is 3.70. The van der Waals surface area contributed by atoms with E-state index in [1.807, 2.05) is 0 Å². The van der Waals surface area contributed by atoms with Gasteiger partial charge in [0.05, 0.1) is 10.8 Å². The van der Waals surface area contributed by atoms with E-state index in [-0.39, 0.29) is 17.5 Å². The highest BCUT2D eigenvalue weighted by Crippen LogP contribution is 2.28. The minimum Gasteiger partial charge on any atom is -0.354 e. The second kappa shape index (κ2) is 7.69. The molecule has 1 aromatic rings. The first-order chi connectivity index (χ1) is 12.0. The Morgan fingerprint density at radius 3 is 2.68 bits per heavy atom. The van der Waals surface area contributed by atoms with Crippen LogP contribution in [0.15, 0.2) is 30.3 Å². The van der Waals surface area contributed by atoms with Crippen LogP contribution in [0.2, 0.25) is 0 Å². The molecule has 1 unspecified atom stereocenters. The Morgan fingerprint density at radius 1 is 1.32 bits per heavy atom. The monoisotopic (exact) mass is 361 g/mol. The van der Waals surface area contributed by atoms with E-state index in [1.165, 1.54) is 31.1 Å². The van der Waals surface area contributed by atoms with Gasteiger partial charge in [-0.2, -0.15) is 0 Å². The minimum absolute atomic E-state index is 0.00631. The Balaban J connectivity index is 1.58. The van der Waals surface area contributed by atoms with Crippen molar-refractivity contribution in [1.29, 1.82) is 0 Å². The number of non-ortho nitro benzene ring substituents is 1. The number of thioether (sulfide) groups is 1. The zero-order chi connectivity index (χ0) is 17.8. The first-order valence-corrected chi connectivity index (χ1v) is 9.28.